The SMILES string of the molecule is N#Cc1c2nc(c(-c3ccccc3)c3ccc([n-]3)c(N(c3ccccc3)c3ccccc3)c3nc(c(-c4ccccc4)c4ccc1[n-]4)C=C3)C=C2.[Pt+2]. The second-order valence-corrected chi connectivity index (χ2v) is 12.2. The predicted molar refractivity (Wildman–Crippen MR) is 207 cm³/mol. The molecular formula is C45H28N6Pt. The van der Waals surface area contributed by atoms with Crippen LogP contribution in [0.3, 0.4) is 0 Å². The summed E-state index contributed by atoms with van der Waals surface area (Å²) < 4.78 is 0. The molecule has 0 unspecified atom stereocenters. The molecule has 3 aromatic heterocycles. The number of nitriles is 1. The van der Waals surface area contributed by atoms with E-state index in [1.54, 1.807) is 0 Å². The van der Waals surface area contributed by atoms with Crippen molar-refractivity contribution in [2.24, 2.45) is 0 Å². The topological polar surface area (TPSA) is 81.0 Å². The van der Waals surface area contributed by atoms with Crippen LogP contribution in [-0.4, -0.2) is 9.97 Å². The van der Waals surface area contributed by atoms with E-state index < -0.39 is 0 Å². The molecule has 7 heteroatoms. The molecule has 0 spiro atoms. The average molecular weight is 848 g/mol. The summed E-state index contributed by atoms with van der Waals surface area (Å²) in [7, 11) is 0. The van der Waals surface area contributed by atoms with E-state index in [9.17, 15) is 5.26 Å². The van der Waals surface area contributed by atoms with Crippen LogP contribution in [0.2, 0.25) is 0 Å². The zero-order valence-corrected chi connectivity index (χ0v) is 29.9. The Morgan fingerprint density at radius 1 is 0.442 bits per heavy atom. The maximum atomic E-state index is 10.4. The first-order valence-electron chi connectivity index (χ1n) is 16.7. The largest absolute Gasteiger partial charge is 2.00 e. The van der Waals surface area contributed by atoms with Crippen LogP contribution in [0.15, 0.2) is 146 Å². The molecule has 7 aromatic rings. The molecule has 2 aliphatic rings. The second kappa shape index (κ2) is 14.0. The molecule has 6 nitrogen and oxygen atoms in total. The van der Waals surface area contributed by atoms with Gasteiger partial charge in [0.2, 0.25) is 0 Å². The predicted octanol–water partition coefficient (Wildman–Crippen LogP) is 10.6. The van der Waals surface area contributed by atoms with Crippen molar-refractivity contribution in [1.29, 1.82) is 5.26 Å². The molecule has 9 rings (SSSR count). The summed E-state index contributed by atoms with van der Waals surface area (Å²) in [6.07, 6.45) is 7.96. The van der Waals surface area contributed by atoms with Crippen LogP contribution >= 0.6 is 0 Å². The molecule has 52 heavy (non-hydrogen) atoms. The Kier molecular flexibility index (Phi) is 8.79. The minimum absolute atomic E-state index is 0. The van der Waals surface area contributed by atoms with Gasteiger partial charge in [-0.2, -0.15) is 5.26 Å². The third kappa shape index (κ3) is 5.88. The molecule has 0 aliphatic carbocycles. The van der Waals surface area contributed by atoms with Crippen molar-refractivity contribution in [3.8, 4) is 28.3 Å². The molecule has 248 valence electrons. The minimum Gasteiger partial charge on any atom is -0.656 e. The first-order valence-corrected chi connectivity index (χ1v) is 16.7. The number of benzene rings is 4. The third-order valence-electron chi connectivity index (χ3n) is 9.07. The molecular weight excluding hydrogens is 820 g/mol. The van der Waals surface area contributed by atoms with Crippen LogP contribution in [0, 0.1) is 11.3 Å². The van der Waals surface area contributed by atoms with Crippen molar-refractivity contribution < 1.29 is 21.1 Å². The van der Waals surface area contributed by atoms with Gasteiger partial charge in [0.05, 0.1) is 34.0 Å². The van der Waals surface area contributed by atoms with E-state index in [0.717, 1.165) is 72.9 Å². The number of aromatic nitrogens is 4. The van der Waals surface area contributed by atoms with Gasteiger partial charge in [-0.05, 0) is 70.8 Å². The van der Waals surface area contributed by atoms with E-state index in [-0.39, 0.29) is 21.1 Å². The number of para-hydroxylation sites is 2. The number of anilines is 3. The quantitative estimate of drug-likeness (QED) is 0.172. The molecule has 5 heterocycles. The van der Waals surface area contributed by atoms with Gasteiger partial charge in [0.15, 0.2) is 0 Å². The van der Waals surface area contributed by atoms with Crippen molar-refractivity contribution in [3.63, 3.8) is 0 Å². The fraction of sp³-hybridized carbons (Fsp3) is 0. The van der Waals surface area contributed by atoms with Gasteiger partial charge in [-0.25, -0.2) is 9.97 Å². The van der Waals surface area contributed by atoms with E-state index in [4.69, 9.17) is 19.9 Å². The summed E-state index contributed by atoms with van der Waals surface area (Å²) in [6.45, 7) is 0. The monoisotopic (exact) mass is 847 g/mol. The number of hydrogen-bond donors (Lipinski definition) is 0. The minimum atomic E-state index is 0. The fourth-order valence-electron chi connectivity index (χ4n) is 6.78. The smallest absolute Gasteiger partial charge is 0.656 e. The van der Waals surface area contributed by atoms with Gasteiger partial charge in [0.1, 0.15) is 6.07 Å². The zero-order chi connectivity index (χ0) is 34.1. The summed E-state index contributed by atoms with van der Waals surface area (Å²) in [4.78, 5) is 23.0. The molecule has 4 aromatic carbocycles. The summed E-state index contributed by atoms with van der Waals surface area (Å²) in [5.74, 6) is 0. The molecule has 0 N–H and O–H groups in total. The van der Waals surface area contributed by atoms with Crippen LogP contribution in [0.5, 0.6) is 0 Å². The Morgan fingerprint density at radius 2 is 0.846 bits per heavy atom. The van der Waals surface area contributed by atoms with E-state index in [1.807, 2.05) is 109 Å². The summed E-state index contributed by atoms with van der Waals surface area (Å²) in [5, 5.41) is 10.4. The number of rotatable bonds is 5. The molecule has 0 atom stereocenters. The van der Waals surface area contributed by atoms with Gasteiger partial charge in [-0.15, -0.1) is 22.1 Å². The van der Waals surface area contributed by atoms with Crippen molar-refractivity contribution in [1.82, 2.24) is 19.9 Å². The fourth-order valence-corrected chi connectivity index (χ4v) is 6.78. The second-order valence-electron chi connectivity index (χ2n) is 12.2. The number of fused-ring (bicyclic) bond motifs is 8. The maximum absolute atomic E-state index is 10.4. The Morgan fingerprint density at radius 3 is 1.37 bits per heavy atom. The van der Waals surface area contributed by atoms with Gasteiger partial charge < -0.3 is 14.9 Å². The van der Waals surface area contributed by atoms with Crippen LogP contribution < -0.4 is 14.9 Å². The molecule has 0 saturated carbocycles. The number of hydrogen-bond acceptors (Lipinski definition) is 4. The van der Waals surface area contributed by atoms with Crippen LogP contribution in [0.25, 0.3) is 68.6 Å². The van der Waals surface area contributed by atoms with Crippen molar-refractivity contribution >= 4 is 63.4 Å². The summed E-state index contributed by atoms with van der Waals surface area (Å²) in [6, 6.07) is 51.3. The first-order chi connectivity index (χ1) is 25.2. The van der Waals surface area contributed by atoms with E-state index in [2.05, 4.69) is 71.6 Å². The molecule has 0 saturated heterocycles. The third-order valence-corrected chi connectivity index (χ3v) is 9.07. The molecule has 8 bridgehead atoms. The molecule has 2 aliphatic heterocycles. The van der Waals surface area contributed by atoms with Crippen molar-refractivity contribution in [2.75, 3.05) is 4.90 Å². The van der Waals surface area contributed by atoms with Gasteiger partial charge >= 0.3 is 21.1 Å². The van der Waals surface area contributed by atoms with Gasteiger partial charge in [-0.3, -0.25) is 0 Å². The first kappa shape index (κ1) is 32.7. The van der Waals surface area contributed by atoms with E-state index >= 15 is 0 Å². The van der Waals surface area contributed by atoms with E-state index in [0.29, 0.717) is 16.8 Å². The van der Waals surface area contributed by atoms with Crippen LogP contribution in [0.1, 0.15) is 28.3 Å². The normalized spacial score (nSPS) is 11.5. The Labute approximate surface area is 315 Å². The average Bonchev–Trinajstić information content (AvgIpc) is 4.03. The van der Waals surface area contributed by atoms with Crippen LogP contribution in [-0.2, 0) is 21.1 Å². The van der Waals surface area contributed by atoms with Crippen LogP contribution in [0.4, 0.5) is 17.1 Å². The maximum Gasteiger partial charge on any atom is 2.00 e. The standard InChI is InChI=1S/C45H28N6.Pt/c46-29-34-35-21-23-37(47-35)43(30-13-5-1-6-14-30)39-25-27-41(49-39)45(51(32-17-9-3-10-18-32)33-19-11-4-12-20-33)42-28-26-40(50-42)44(31-15-7-2-8-16-31)38-24-22-36(34)48-38;/h1-28H;/q-2;+2. The summed E-state index contributed by atoms with van der Waals surface area (Å²) >= 11 is 0. The molecule has 0 fully saturated rings. The number of nitrogens with zero attached hydrogens (tertiary/aromatic N) is 6. The molecule has 0 amide bonds. The Bertz CT molecular complexity index is 2610. The van der Waals surface area contributed by atoms with Crippen molar-refractivity contribution in [2.45, 2.75) is 0 Å². The Hall–Kier alpha value is -6.54. The van der Waals surface area contributed by atoms with Gasteiger partial charge in [0, 0.05) is 11.4 Å². The van der Waals surface area contributed by atoms with E-state index in [1.165, 1.54) is 0 Å². The summed E-state index contributed by atoms with van der Waals surface area (Å²) in [5.41, 5.74) is 12.5. The Balaban J connectivity index is 0.00000387. The molecule has 0 radical (unpaired) electrons. The van der Waals surface area contributed by atoms with Gasteiger partial charge in [0.25, 0.3) is 0 Å². The van der Waals surface area contributed by atoms with Gasteiger partial charge in [-0.1, -0.05) is 121 Å². The van der Waals surface area contributed by atoms with Crippen molar-refractivity contribution in [3.05, 3.63) is 174 Å². The zero-order valence-electron chi connectivity index (χ0n) is 27.7.